The minimum absolute atomic E-state index is 0.372. The molecule has 0 aliphatic heterocycles. The lowest BCUT2D eigenvalue weighted by atomic mass is 10.2. The van der Waals surface area contributed by atoms with Gasteiger partial charge in [0.25, 0.3) is 0 Å². The molecule has 0 fully saturated rings. The van der Waals surface area contributed by atoms with Crippen molar-refractivity contribution in [1.29, 1.82) is 0 Å². The average Bonchev–Trinajstić information content (AvgIpc) is 2.56. The molecule has 0 aromatic heterocycles. The fourth-order valence-electron chi connectivity index (χ4n) is 1.83. The van der Waals surface area contributed by atoms with Crippen molar-refractivity contribution in [1.82, 2.24) is 0 Å². The van der Waals surface area contributed by atoms with Crippen LogP contribution in [-0.4, -0.2) is 20.2 Å². The van der Waals surface area contributed by atoms with E-state index in [2.05, 4.69) is 27.9 Å². The van der Waals surface area contributed by atoms with Gasteiger partial charge in [0.05, 0.1) is 19.9 Å². The summed E-state index contributed by atoms with van der Waals surface area (Å²) >= 11 is 2.21. The number of hydrogen-bond acceptors (Lipinski definition) is 4. The van der Waals surface area contributed by atoms with Crippen LogP contribution in [0.25, 0.3) is 6.08 Å². The first-order valence-electron chi connectivity index (χ1n) is 6.59. The van der Waals surface area contributed by atoms with E-state index in [4.69, 9.17) is 9.47 Å². The van der Waals surface area contributed by atoms with E-state index in [0.29, 0.717) is 5.70 Å². The molecule has 2 aromatic carbocycles. The molecule has 0 aliphatic rings. The average molecular weight is 409 g/mol. The normalized spacial score (nSPS) is 11.0. The number of carbonyl (C=O) groups is 1. The number of carbonyl (C=O) groups excluding carboxylic acids is 1. The fourth-order valence-corrected chi connectivity index (χ4v) is 2.35. The first-order chi connectivity index (χ1) is 10.6. The van der Waals surface area contributed by atoms with Gasteiger partial charge in [-0.05, 0) is 58.5 Å². The Kier molecular flexibility index (Phi) is 5.83. The van der Waals surface area contributed by atoms with Crippen LogP contribution in [0, 0.1) is 3.57 Å². The van der Waals surface area contributed by atoms with Crippen molar-refractivity contribution in [3.63, 3.8) is 0 Å². The highest BCUT2D eigenvalue weighted by Crippen LogP contribution is 2.21. The lowest BCUT2D eigenvalue weighted by Gasteiger charge is -2.11. The Bertz CT molecular complexity index is 681. The Morgan fingerprint density at radius 3 is 2.36 bits per heavy atom. The van der Waals surface area contributed by atoms with E-state index in [1.54, 1.807) is 13.2 Å². The molecule has 0 atom stereocenters. The van der Waals surface area contributed by atoms with Gasteiger partial charge in [0, 0.05) is 3.57 Å². The van der Waals surface area contributed by atoms with E-state index in [-0.39, 0.29) is 0 Å². The molecule has 1 N–H and O–H groups in total. The molecular weight excluding hydrogens is 393 g/mol. The maximum absolute atomic E-state index is 12.0. The highest BCUT2D eigenvalue weighted by atomic mass is 127. The number of halogens is 1. The van der Waals surface area contributed by atoms with Gasteiger partial charge in [-0.1, -0.05) is 24.3 Å². The monoisotopic (exact) mass is 409 g/mol. The number of ether oxygens (including phenoxy) is 2. The third kappa shape index (κ3) is 4.24. The fraction of sp³-hybridized carbons (Fsp3) is 0.118. The van der Waals surface area contributed by atoms with E-state index in [1.807, 2.05) is 48.5 Å². The van der Waals surface area contributed by atoms with Crippen LogP contribution < -0.4 is 10.1 Å². The van der Waals surface area contributed by atoms with Gasteiger partial charge in [-0.15, -0.1) is 0 Å². The standard InChI is InChI=1S/C17H16INO3/c1-21-13-9-7-12(8-10-13)11-16(17(20)22-2)19-15-6-4-3-5-14(15)18/h3-11,19H,1-2H3/b16-11+. The Hall–Kier alpha value is -2.02. The van der Waals surface area contributed by atoms with Crippen LogP contribution in [0.2, 0.25) is 0 Å². The molecular formula is C17H16INO3. The van der Waals surface area contributed by atoms with Crippen LogP contribution in [-0.2, 0) is 9.53 Å². The van der Waals surface area contributed by atoms with E-state index < -0.39 is 5.97 Å². The van der Waals surface area contributed by atoms with Crippen molar-refractivity contribution in [2.24, 2.45) is 0 Å². The van der Waals surface area contributed by atoms with Crippen molar-refractivity contribution in [2.75, 3.05) is 19.5 Å². The summed E-state index contributed by atoms with van der Waals surface area (Å²) in [5.74, 6) is 0.345. The summed E-state index contributed by atoms with van der Waals surface area (Å²) in [5.41, 5.74) is 2.10. The van der Waals surface area contributed by atoms with Gasteiger partial charge < -0.3 is 14.8 Å². The second-order valence-electron chi connectivity index (χ2n) is 4.43. The molecule has 0 heterocycles. The van der Waals surface area contributed by atoms with Crippen LogP contribution in [0.5, 0.6) is 5.75 Å². The highest BCUT2D eigenvalue weighted by Gasteiger charge is 2.11. The van der Waals surface area contributed by atoms with Crippen molar-refractivity contribution in [3.8, 4) is 5.75 Å². The first kappa shape index (κ1) is 16.4. The molecule has 0 bridgehead atoms. The molecule has 0 saturated heterocycles. The molecule has 0 saturated carbocycles. The summed E-state index contributed by atoms with van der Waals surface area (Å²) < 4.78 is 11.0. The zero-order chi connectivity index (χ0) is 15.9. The zero-order valence-electron chi connectivity index (χ0n) is 12.3. The number of rotatable bonds is 5. The third-order valence-electron chi connectivity index (χ3n) is 2.98. The topological polar surface area (TPSA) is 47.6 Å². The zero-order valence-corrected chi connectivity index (χ0v) is 14.5. The summed E-state index contributed by atoms with van der Waals surface area (Å²) in [5, 5.41) is 3.12. The second kappa shape index (κ2) is 7.84. The van der Waals surface area contributed by atoms with Crippen LogP contribution in [0.15, 0.2) is 54.2 Å². The van der Waals surface area contributed by atoms with Crippen molar-refractivity contribution in [3.05, 3.63) is 63.4 Å². The summed E-state index contributed by atoms with van der Waals surface area (Å²) in [6, 6.07) is 15.2. The third-order valence-corrected chi connectivity index (χ3v) is 3.92. The van der Waals surface area contributed by atoms with Gasteiger partial charge in [0.2, 0.25) is 0 Å². The minimum atomic E-state index is -0.421. The number of para-hydroxylation sites is 1. The second-order valence-corrected chi connectivity index (χ2v) is 5.59. The molecule has 0 unspecified atom stereocenters. The molecule has 4 nitrogen and oxygen atoms in total. The lowest BCUT2D eigenvalue weighted by molar-refractivity contribution is -0.135. The van der Waals surface area contributed by atoms with Gasteiger partial charge in [0.1, 0.15) is 11.4 Å². The predicted octanol–water partition coefficient (Wildman–Crippen LogP) is 3.93. The molecule has 5 heteroatoms. The van der Waals surface area contributed by atoms with Gasteiger partial charge in [-0.25, -0.2) is 4.79 Å². The van der Waals surface area contributed by atoms with Crippen molar-refractivity contribution >= 4 is 40.3 Å². The van der Waals surface area contributed by atoms with Crippen LogP contribution in [0.1, 0.15) is 5.56 Å². The van der Waals surface area contributed by atoms with Crippen LogP contribution >= 0.6 is 22.6 Å². The number of hydrogen-bond donors (Lipinski definition) is 1. The molecule has 0 amide bonds. The molecule has 22 heavy (non-hydrogen) atoms. The number of anilines is 1. The molecule has 2 aromatic rings. The number of methoxy groups -OCH3 is 2. The Morgan fingerprint density at radius 2 is 1.77 bits per heavy atom. The van der Waals surface area contributed by atoms with Gasteiger partial charge in [0.15, 0.2) is 0 Å². The largest absolute Gasteiger partial charge is 0.497 e. The van der Waals surface area contributed by atoms with Gasteiger partial charge >= 0.3 is 5.97 Å². The Morgan fingerprint density at radius 1 is 1.09 bits per heavy atom. The lowest BCUT2D eigenvalue weighted by Crippen LogP contribution is -2.13. The van der Waals surface area contributed by atoms with Gasteiger partial charge in [-0.2, -0.15) is 0 Å². The van der Waals surface area contributed by atoms with E-state index in [9.17, 15) is 4.79 Å². The van der Waals surface area contributed by atoms with E-state index in [0.717, 1.165) is 20.6 Å². The minimum Gasteiger partial charge on any atom is -0.497 e. The molecule has 0 aliphatic carbocycles. The Balaban J connectivity index is 2.31. The van der Waals surface area contributed by atoms with Gasteiger partial charge in [-0.3, -0.25) is 0 Å². The quantitative estimate of drug-likeness (QED) is 0.462. The van der Waals surface area contributed by atoms with Crippen LogP contribution in [0.4, 0.5) is 5.69 Å². The Labute approximate surface area is 143 Å². The maximum Gasteiger partial charge on any atom is 0.354 e. The summed E-state index contributed by atoms with van der Waals surface area (Å²) in [4.78, 5) is 12.0. The molecule has 114 valence electrons. The molecule has 0 radical (unpaired) electrons. The van der Waals surface area contributed by atoms with Crippen molar-refractivity contribution in [2.45, 2.75) is 0 Å². The van der Waals surface area contributed by atoms with E-state index >= 15 is 0 Å². The van der Waals surface area contributed by atoms with E-state index in [1.165, 1.54) is 7.11 Å². The maximum atomic E-state index is 12.0. The van der Waals surface area contributed by atoms with Crippen molar-refractivity contribution < 1.29 is 14.3 Å². The predicted molar refractivity (Wildman–Crippen MR) is 95.8 cm³/mol. The molecule has 0 spiro atoms. The highest BCUT2D eigenvalue weighted by molar-refractivity contribution is 14.1. The number of benzene rings is 2. The summed E-state index contributed by atoms with van der Waals surface area (Å²) in [6.07, 6.45) is 1.74. The number of nitrogens with one attached hydrogen (secondary N) is 1. The molecule has 2 rings (SSSR count). The summed E-state index contributed by atoms with van der Waals surface area (Å²) in [6.45, 7) is 0. The first-order valence-corrected chi connectivity index (χ1v) is 7.67. The SMILES string of the molecule is COC(=O)/C(=C\c1ccc(OC)cc1)Nc1ccccc1I. The smallest absolute Gasteiger partial charge is 0.354 e. The van der Waals surface area contributed by atoms with Crippen LogP contribution in [0.3, 0.4) is 0 Å². The number of esters is 1. The summed E-state index contributed by atoms with van der Waals surface area (Å²) in [7, 11) is 2.98.